The molecule has 33 heavy (non-hydrogen) atoms. The van der Waals surface area contributed by atoms with Crippen molar-refractivity contribution in [3.63, 3.8) is 0 Å². The van der Waals surface area contributed by atoms with Crippen LogP contribution >= 0.6 is 0 Å². The highest BCUT2D eigenvalue weighted by Crippen LogP contribution is 2.38. The van der Waals surface area contributed by atoms with Crippen molar-refractivity contribution in [2.45, 2.75) is 69.9 Å². The molecule has 9 nitrogen and oxygen atoms in total. The van der Waals surface area contributed by atoms with Crippen LogP contribution in [0.1, 0.15) is 71.9 Å². The van der Waals surface area contributed by atoms with Gasteiger partial charge in [-0.1, -0.05) is 6.07 Å². The van der Waals surface area contributed by atoms with Gasteiger partial charge in [0.15, 0.2) is 5.03 Å². The lowest BCUT2D eigenvalue weighted by Crippen LogP contribution is -2.43. The van der Waals surface area contributed by atoms with Crippen LogP contribution < -0.4 is 10.0 Å². The van der Waals surface area contributed by atoms with Gasteiger partial charge in [-0.05, 0) is 81.0 Å². The predicted molar refractivity (Wildman–Crippen MR) is 123 cm³/mol. The van der Waals surface area contributed by atoms with E-state index in [1.165, 1.54) is 21.9 Å². The summed E-state index contributed by atoms with van der Waals surface area (Å²) in [7, 11) is -4.26. The van der Waals surface area contributed by atoms with E-state index in [1.54, 1.807) is 4.90 Å². The Labute approximate surface area is 193 Å². The number of amides is 3. The molecule has 5 rings (SSSR count). The minimum absolute atomic E-state index is 0.211. The molecular formula is C23H29N5O4S. The molecule has 1 aromatic heterocycles. The van der Waals surface area contributed by atoms with E-state index in [4.69, 9.17) is 0 Å². The Morgan fingerprint density at radius 1 is 0.970 bits per heavy atom. The highest BCUT2D eigenvalue weighted by atomic mass is 32.2. The van der Waals surface area contributed by atoms with Gasteiger partial charge in [-0.15, -0.1) is 0 Å². The molecule has 2 N–H and O–H groups in total. The average molecular weight is 472 g/mol. The fraction of sp³-hybridized carbons (Fsp3) is 0.522. The zero-order valence-electron chi connectivity index (χ0n) is 19.0. The van der Waals surface area contributed by atoms with Crippen LogP contribution in [0.3, 0.4) is 0 Å². The number of aryl methyl sites for hydroxylation is 2. The van der Waals surface area contributed by atoms with Gasteiger partial charge in [0.05, 0.1) is 0 Å². The number of aromatic nitrogens is 2. The molecule has 3 aliphatic rings. The zero-order valence-corrected chi connectivity index (χ0v) is 19.8. The monoisotopic (exact) mass is 471 g/mol. The Balaban J connectivity index is 1.39. The number of carbonyl (C=O) groups is 2. The maximum Gasteiger partial charge on any atom is 0.333 e. The van der Waals surface area contributed by atoms with E-state index in [9.17, 15) is 18.0 Å². The number of carbonyl (C=O) groups excluding carboxylic acids is 2. The molecule has 176 valence electrons. The minimum Gasteiger partial charge on any atom is -0.337 e. The van der Waals surface area contributed by atoms with Gasteiger partial charge in [0, 0.05) is 30.9 Å². The van der Waals surface area contributed by atoms with Gasteiger partial charge < -0.3 is 10.2 Å². The number of hydrogen-bond donors (Lipinski definition) is 2. The van der Waals surface area contributed by atoms with E-state index in [-0.39, 0.29) is 22.7 Å². The number of benzene rings is 1. The summed E-state index contributed by atoms with van der Waals surface area (Å²) in [5.74, 6) is -0.247. The Morgan fingerprint density at radius 2 is 1.61 bits per heavy atom. The topological polar surface area (TPSA) is 113 Å². The predicted octanol–water partition coefficient (Wildman–Crippen LogP) is 2.80. The Morgan fingerprint density at radius 3 is 2.15 bits per heavy atom. The molecule has 1 aromatic carbocycles. The van der Waals surface area contributed by atoms with Crippen molar-refractivity contribution in [1.29, 1.82) is 0 Å². The molecule has 0 bridgehead atoms. The van der Waals surface area contributed by atoms with Gasteiger partial charge in [-0.3, -0.25) is 9.48 Å². The first-order chi connectivity index (χ1) is 15.7. The third-order valence-electron chi connectivity index (χ3n) is 6.78. The fourth-order valence-corrected chi connectivity index (χ4v) is 5.88. The summed E-state index contributed by atoms with van der Waals surface area (Å²) in [4.78, 5) is 27.2. The van der Waals surface area contributed by atoms with Crippen LogP contribution in [0.2, 0.25) is 0 Å². The number of fused-ring (bicyclic) bond motifs is 2. The summed E-state index contributed by atoms with van der Waals surface area (Å²) in [5, 5.41) is 6.66. The van der Waals surface area contributed by atoms with Gasteiger partial charge >= 0.3 is 6.03 Å². The molecule has 1 aliphatic heterocycles. The fourth-order valence-electron chi connectivity index (χ4n) is 5.02. The lowest BCUT2D eigenvalue weighted by molar-refractivity contribution is 0.0636. The van der Waals surface area contributed by atoms with Crippen molar-refractivity contribution in [3.05, 3.63) is 40.1 Å². The van der Waals surface area contributed by atoms with Gasteiger partial charge in [-0.25, -0.2) is 9.52 Å². The largest absolute Gasteiger partial charge is 0.337 e. The molecule has 2 heterocycles. The van der Waals surface area contributed by atoms with Crippen molar-refractivity contribution in [3.8, 4) is 0 Å². The molecule has 2 aromatic rings. The number of anilines is 1. The highest BCUT2D eigenvalue weighted by Gasteiger charge is 2.31. The molecule has 1 fully saturated rings. The summed E-state index contributed by atoms with van der Waals surface area (Å²) in [6.45, 7) is 4.95. The van der Waals surface area contributed by atoms with Crippen molar-refractivity contribution in [2.24, 2.45) is 0 Å². The van der Waals surface area contributed by atoms with Crippen molar-refractivity contribution in [2.75, 3.05) is 18.4 Å². The number of nitrogens with zero attached hydrogens (tertiary/aromatic N) is 3. The minimum atomic E-state index is -4.26. The maximum absolute atomic E-state index is 13.0. The Kier molecular flexibility index (Phi) is 5.43. The SMILES string of the molecule is CC(C)n1nc(S(=O)(=O)NC(=O)Nc2c3c(cc4c2CCC4)CCC3)cc1C(=O)N1CCC1. The first-order valence-electron chi connectivity index (χ1n) is 11.6. The molecule has 0 unspecified atom stereocenters. The number of nitrogens with one attached hydrogen (secondary N) is 2. The molecule has 2 aliphatic carbocycles. The van der Waals surface area contributed by atoms with Crippen LogP contribution in [0.5, 0.6) is 0 Å². The third-order valence-corrected chi connectivity index (χ3v) is 7.98. The van der Waals surface area contributed by atoms with Crippen LogP contribution in [0.25, 0.3) is 0 Å². The van der Waals surface area contributed by atoms with E-state index in [1.807, 2.05) is 13.8 Å². The second kappa shape index (κ2) is 8.16. The molecule has 0 saturated carbocycles. The first kappa shape index (κ1) is 21.9. The van der Waals surface area contributed by atoms with Crippen LogP contribution in [0.15, 0.2) is 17.2 Å². The Bertz CT molecular complexity index is 1210. The second-order valence-corrected chi connectivity index (χ2v) is 11.0. The van der Waals surface area contributed by atoms with Crippen LogP contribution in [0, 0.1) is 0 Å². The second-order valence-electron chi connectivity index (χ2n) is 9.35. The van der Waals surface area contributed by atoms with Gasteiger partial charge in [-0.2, -0.15) is 13.5 Å². The highest BCUT2D eigenvalue weighted by molar-refractivity contribution is 7.90. The Hall–Kier alpha value is -2.88. The average Bonchev–Trinajstić information content (AvgIpc) is 3.44. The number of urea groups is 1. The summed E-state index contributed by atoms with van der Waals surface area (Å²) >= 11 is 0. The van der Waals surface area contributed by atoms with Gasteiger partial charge in [0.2, 0.25) is 0 Å². The summed E-state index contributed by atoms with van der Waals surface area (Å²) in [6.07, 6.45) is 6.73. The summed E-state index contributed by atoms with van der Waals surface area (Å²) in [6, 6.07) is 2.49. The van der Waals surface area contributed by atoms with E-state index in [2.05, 4.69) is 21.2 Å². The summed E-state index contributed by atoms with van der Waals surface area (Å²) in [5.41, 5.74) is 5.72. The van der Waals surface area contributed by atoms with E-state index < -0.39 is 16.1 Å². The van der Waals surface area contributed by atoms with Crippen LogP contribution in [0.4, 0.5) is 10.5 Å². The van der Waals surface area contributed by atoms with E-state index in [0.29, 0.717) is 13.1 Å². The number of sulfonamides is 1. The molecule has 3 amide bonds. The summed E-state index contributed by atoms with van der Waals surface area (Å²) < 4.78 is 29.5. The first-order valence-corrected chi connectivity index (χ1v) is 13.1. The molecule has 0 atom stereocenters. The maximum atomic E-state index is 13.0. The molecule has 1 saturated heterocycles. The lowest BCUT2D eigenvalue weighted by Gasteiger charge is -2.31. The van der Waals surface area contributed by atoms with Crippen LogP contribution in [-0.4, -0.2) is 48.1 Å². The quantitative estimate of drug-likeness (QED) is 0.696. The van der Waals surface area contributed by atoms with Crippen molar-refractivity contribution >= 4 is 27.6 Å². The van der Waals surface area contributed by atoms with Crippen molar-refractivity contribution < 1.29 is 18.0 Å². The molecule has 10 heteroatoms. The molecular weight excluding hydrogens is 442 g/mol. The van der Waals surface area contributed by atoms with E-state index in [0.717, 1.165) is 61.8 Å². The molecule has 0 radical (unpaired) electrons. The third kappa shape index (κ3) is 3.90. The lowest BCUT2D eigenvalue weighted by atomic mass is 9.99. The molecule has 0 spiro atoms. The normalized spacial score (nSPS) is 17.0. The van der Waals surface area contributed by atoms with Gasteiger partial charge in [0.1, 0.15) is 5.69 Å². The standard InChI is InChI=1S/C23H29N5O4S/c1-14(2)28-19(22(29)27-10-5-11-27)13-20(25-28)33(31,32)26-23(30)24-21-17-8-3-6-15(17)12-16-7-4-9-18(16)21/h12-14H,3-11H2,1-2H3,(H2,24,26,30). The van der Waals surface area contributed by atoms with Gasteiger partial charge in [0.25, 0.3) is 15.9 Å². The number of hydrogen-bond acceptors (Lipinski definition) is 5. The number of rotatable bonds is 5. The van der Waals surface area contributed by atoms with Crippen LogP contribution in [-0.2, 0) is 35.7 Å². The smallest absolute Gasteiger partial charge is 0.333 e. The van der Waals surface area contributed by atoms with E-state index >= 15 is 0 Å². The number of likely N-dealkylation sites (tertiary alicyclic amines) is 1. The van der Waals surface area contributed by atoms with Crippen molar-refractivity contribution in [1.82, 2.24) is 19.4 Å². The zero-order chi connectivity index (χ0) is 23.3.